The van der Waals surface area contributed by atoms with Gasteiger partial charge in [0.2, 0.25) is 5.75 Å². The van der Waals surface area contributed by atoms with Crippen molar-refractivity contribution in [1.82, 2.24) is 9.78 Å². The van der Waals surface area contributed by atoms with E-state index in [4.69, 9.17) is 14.2 Å². The number of ether oxygens (including phenoxy) is 3. The fourth-order valence-corrected chi connectivity index (χ4v) is 3.48. The molecule has 0 fully saturated rings. The molecule has 0 saturated carbocycles. The molecule has 0 unspecified atom stereocenters. The Bertz CT molecular complexity index is 1070. The predicted molar refractivity (Wildman–Crippen MR) is 116 cm³/mol. The number of nitrogens with zero attached hydrogens (tertiary/aromatic N) is 2. The van der Waals surface area contributed by atoms with Gasteiger partial charge in [-0.25, -0.2) is 0 Å². The lowest BCUT2D eigenvalue weighted by atomic mass is 10.1. The molecule has 0 atom stereocenters. The van der Waals surface area contributed by atoms with E-state index >= 15 is 0 Å². The fourth-order valence-electron chi connectivity index (χ4n) is 3.48. The SMILES string of the molecule is COc1ccc(C(=O)Nc2c(C)nn(Cc3cccc(C)c3)c2C)c(OC)c1OC. The molecule has 2 aromatic carbocycles. The molecule has 0 radical (unpaired) electrons. The zero-order valence-electron chi connectivity index (χ0n) is 18.2. The summed E-state index contributed by atoms with van der Waals surface area (Å²) in [5.41, 5.74) is 5.00. The Morgan fingerprint density at radius 1 is 1.00 bits per heavy atom. The van der Waals surface area contributed by atoms with Crippen LogP contribution in [0, 0.1) is 20.8 Å². The molecule has 7 nitrogen and oxygen atoms in total. The Morgan fingerprint density at radius 3 is 2.37 bits per heavy atom. The van der Waals surface area contributed by atoms with E-state index in [1.807, 2.05) is 24.6 Å². The smallest absolute Gasteiger partial charge is 0.259 e. The van der Waals surface area contributed by atoms with Crippen molar-refractivity contribution >= 4 is 11.6 Å². The number of amides is 1. The maximum Gasteiger partial charge on any atom is 0.259 e. The standard InChI is InChI=1S/C23H27N3O4/c1-14-8-7-9-17(12-14)13-26-16(3)20(15(2)25-26)24-23(27)18-10-11-19(28-4)22(30-6)21(18)29-5/h7-12H,13H2,1-6H3,(H,24,27). The molecule has 1 aromatic heterocycles. The summed E-state index contributed by atoms with van der Waals surface area (Å²) in [7, 11) is 4.53. The Labute approximate surface area is 176 Å². The van der Waals surface area contributed by atoms with Gasteiger partial charge in [-0.3, -0.25) is 9.48 Å². The fraction of sp³-hybridized carbons (Fsp3) is 0.304. The van der Waals surface area contributed by atoms with Crippen LogP contribution in [0.1, 0.15) is 32.9 Å². The lowest BCUT2D eigenvalue weighted by molar-refractivity contribution is 0.102. The van der Waals surface area contributed by atoms with Gasteiger partial charge in [-0.1, -0.05) is 29.8 Å². The average molecular weight is 409 g/mol. The lowest BCUT2D eigenvalue weighted by Crippen LogP contribution is -2.15. The number of hydrogen-bond acceptors (Lipinski definition) is 5. The second-order valence-corrected chi connectivity index (χ2v) is 7.03. The van der Waals surface area contributed by atoms with Crippen LogP contribution in [0.25, 0.3) is 0 Å². The van der Waals surface area contributed by atoms with Gasteiger partial charge in [-0.15, -0.1) is 0 Å². The first-order chi connectivity index (χ1) is 14.4. The van der Waals surface area contributed by atoms with Crippen molar-refractivity contribution in [2.75, 3.05) is 26.6 Å². The van der Waals surface area contributed by atoms with Crippen LogP contribution in [-0.2, 0) is 6.54 Å². The number of anilines is 1. The summed E-state index contributed by atoms with van der Waals surface area (Å²) in [4.78, 5) is 13.1. The number of benzene rings is 2. The summed E-state index contributed by atoms with van der Waals surface area (Å²) in [5.74, 6) is 0.867. The summed E-state index contributed by atoms with van der Waals surface area (Å²) < 4.78 is 18.0. The number of nitrogens with one attached hydrogen (secondary N) is 1. The second kappa shape index (κ2) is 8.90. The third kappa shape index (κ3) is 4.10. The summed E-state index contributed by atoms with van der Waals surface area (Å²) >= 11 is 0. The molecular formula is C23H27N3O4. The van der Waals surface area contributed by atoms with Gasteiger partial charge >= 0.3 is 0 Å². The van der Waals surface area contributed by atoms with Crippen molar-refractivity contribution in [3.63, 3.8) is 0 Å². The topological polar surface area (TPSA) is 74.6 Å². The van der Waals surface area contributed by atoms with E-state index < -0.39 is 0 Å². The number of aryl methyl sites for hydroxylation is 2. The maximum atomic E-state index is 13.1. The van der Waals surface area contributed by atoms with Crippen LogP contribution in [-0.4, -0.2) is 37.0 Å². The highest BCUT2D eigenvalue weighted by Gasteiger charge is 2.22. The van der Waals surface area contributed by atoms with E-state index in [-0.39, 0.29) is 5.91 Å². The molecule has 1 heterocycles. The zero-order valence-corrected chi connectivity index (χ0v) is 18.2. The monoisotopic (exact) mass is 409 g/mol. The Hall–Kier alpha value is -3.48. The van der Waals surface area contributed by atoms with Crippen LogP contribution >= 0.6 is 0 Å². The Morgan fingerprint density at radius 2 is 1.73 bits per heavy atom. The normalized spacial score (nSPS) is 10.6. The number of carbonyl (C=O) groups is 1. The van der Waals surface area contributed by atoms with Gasteiger partial charge < -0.3 is 19.5 Å². The second-order valence-electron chi connectivity index (χ2n) is 7.03. The molecule has 1 N–H and O–H groups in total. The molecular weight excluding hydrogens is 382 g/mol. The van der Waals surface area contributed by atoms with E-state index in [2.05, 4.69) is 35.5 Å². The van der Waals surface area contributed by atoms with Crippen LogP contribution in [0.3, 0.4) is 0 Å². The minimum absolute atomic E-state index is 0.311. The number of rotatable bonds is 7. The van der Waals surface area contributed by atoms with Crippen molar-refractivity contribution in [2.24, 2.45) is 0 Å². The third-order valence-corrected chi connectivity index (χ3v) is 4.98. The molecule has 0 spiro atoms. The quantitative estimate of drug-likeness (QED) is 0.635. The van der Waals surface area contributed by atoms with Crippen molar-refractivity contribution in [3.8, 4) is 17.2 Å². The molecule has 0 aliphatic heterocycles. The highest BCUT2D eigenvalue weighted by atomic mass is 16.5. The van der Waals surface area contributed by atoms with Gasteiger partial charge in [0, 0.05) is 0 Å². The molecule has 0 aliphatic rings. The van der Waals surface area contributed by atoms with Crippen LogP contribution in [0.2, 0.25) is 0 Å². The van der Waals surface area contributed by atoms with Crippen LogP contribution < -0.4 is 19.5 Å². The largest absolute Gasteiger partial charge is 0.493 e. The van der Waals surface area contributed by atoms with Gasteiger partial charge in [0.25, 0.3) is 5.91 Å². The minimum Gasteiger partial charge on any atom is -0.493 e. The van der Waals surface area contributed by atoms with Crippen molar-refractivity contribution in [2.45, 2.75) is 27.3 Å². The van der Waals surface area contributed by atoms with Crippen LogP contribution in [0.5, 0.6) is 17.2 Å². The van der Waals surface area contributed by atoms with E-state index in [1.54, 1.807) is 12.1 Å². The lowest BCUT2D eigenvalue weighted by Gasteiger charge is -2.15. The van der Waals surface area contributed by atoms with Gasteiger partial charge in [-0.05, 0) is 38.5 Å². The first-order valence-corrected chi connectivity index (χ1v) is 9.59. The average Bonchev–Trinajstić information content (AvgIpc) is 2.99. The first kappa shape index (κ1) is 21.2. The predicted octanol–water partition coefficient (Wildman–Crippen LogP) is 4.13. The molecule has 0 aliphatic carbocycles. The summed E-state index contributed by atoms with van der Waals surface area (Å²) in [6, 6.07) is 11.6. The third-order valence-electron chi connectivity index (χ3n) is 4.98. The summed E-state index contributed by atoms with van der Waals surface area (Å²) in [5, 5.41) is 7.59. The van der Waals surface area contributed by atoms with Crippen LogP contribution in [0.4, 0.5) is 5.69 Å². The van der Waals surface area contributed by atoms with E-state index in [0.717, 1.165) is 17.0 Å². The van der Waals surface area contributed by atoms with E-state index in [1.165, 1.54) is 26.9 Å². The molecule has 30 heavy (non-hydrogen) atoms. The summed E-state index contributed by atoms with van der Waals surface area (Å²) in [6.45, 7) is 6.51. The van der Waals surface area contributed by atoms with Gasteiger partial charge in [0.15, 0.2) is 11.5 Å². The number of methoxy groups -OCH3 is 3. The molecule has 1 amide bonds. The van der Waals surface area contributed by atoms with Gasteiger partial charge in [0.1, 0.15) is 0 Å². The van der Waals surface area contributed by atoms with Crippen LogP contribution in [0.15, 0.2) is 36.4 Å². The number of aromatic nitrogens is 2. The molecule has 0 bridgehead atoms. The molecule has 7 heteroatoms. The Kier molecular flexibility index (Phi) is 6.30. The summed E-state index contributed by atoms with van der Waals surface area (Å²) in [6.07, 6.45) is 0. The number of carbonyl (C=O) groups excluding carboxylic acids is 1. The van der Waals surface area contributed by atoms with Crippen molar-refractivity contribution in [1.29, 1.82) is 0 Å². The number of hydrogen-bond donors (Lipinski definition) is 1. The maximum absolute atomic E-state index is 13.1. The van der Waals surface area contributed by atoms with Crippen molar-refractivity contribution < 1.29 is 19.0 Å². The zero-order chi connectivity index (χ0) is 21.8. The first-order valence-electron chi connectivity index (χ1n) is 9.59. The minimum atomic E-state index is -0.311. The molecule has 3 aromatic rings. The van der Waals surface area contributed by atoms with E-state index in [9.17, 15) is 4.79 Å². The highest BCUT2D eigenvalue weighted by molar-refractivity contribution is 6.07. The molecule has 158 valence electrons. The van der Waals surface area contributed by atoms with Gasteiger partial charge in [-0.2, -0.15) is 5.10 Å². The molecule has 0 saturated heterocycles. The highest BCUT2D eigenvalue weighted by Crippen LogP contribution is 2.40. The van der Waals surface area contributed by atoms with Crippen molar-refractivity contribution in [3.05, 3.63) is 64.5 Å². The van der Waals surface area contributed by atoms with Gasteiger partial charge in [0.05, 0.1) is 50.5 Å². The van der Waals surface area contributed by atoms with E-state index in [0.29, 0.717) is 35.0 Å². The Balaban J connectivity index is 1.90. The molecule has 3 rings (SSSR count).